The topological polar surface area (TPSA) is 13.1 Å². The average Bonchev–Trinajstić information content (AvgIpc) is 3.45. The Morgan fingerprint density at radius 3 is 1.67 bits per heavy atom. The number of para-hydroxylation sites is 1. The van der Waals surface area contributed by atoms with E-state index in [0.29, 0.717) is 6.04 Å². The van der Waals surface area contributed by atoms with Gasteiger partial charge in [-0.1, -0.05) is 127 Å². The lowest BCUT2D eigenvalue weighted by Gasteiger charge is -2.18. The molecule has 0 aliphatic carbocycles. The van der Waals surface area contributed by atoms with E-state index >= 15 is 0 Å². The zero-order valence-electron chi connectivity index (χ0n) is 24.3. The second kappa shape index (κ2) is 9.44. The molecule has 0 saturated heterocycles. The molecule has 0 N–H and O–H groups in total. The van der Waals surface area contributed by atoms with Crippen LogP contribution in [0.3, 0.4) is 0 Å². The summed E-state index contributed by atoms with van der Waals surface area (Å²) in [6.45, 7) is 0. The number of hydrogen-bond acceptors (Lipinski definition) is 1. The lowest BCUT2D eigenvalue weighted by molar-refractivity contribution is 0.669. The molecule has 9 aromatic rings. The smallest absolute Gasteiger partial charge is 0.135 e. The molecule has 0 atom stereocenters. The van der Waals surface area contributed by atoms with Gasteiger partial charge in [0.2, 0.25) is 0 Å². The third kappa shape index (κ3) is 3.79. The van der Waals surface area contributed by atoms with E-state index in [9.17, 15) is 0 Å². The summed E-state index contributed by atoms with van der Waals surface area (Å²) in [5, 5.41) is 9.44. The predicted octanol–water partition coefficient (Wildman–Crippen LogP) is 12.0. The summed E-state index contributed by atoms with van der Waals surface area (Å²) in [4.78, 5) is 0. The van der Waals surface area contributed by atoms with Crippen LogP contribution in [0, 0.1) is 0 Å². The Morgan fingerprint density at radius 1 is 0.349 bits per heavy atom. The Kier molecular flexibility index (Phi) is 5.04. The molecule has 0 amide bonds. The van der Waals surface area contributed by atoms with Crippen molar-refractivity contribution in [3.63, 3.8) is 0 Å². The van der Waals surface area contributed by atoms with Crippen LogP contribution in [0.4, 0.5) is 0 Å². The van der Waals surface area contributed by atoms with Crippen LogP contribution in [0.2, 0.25) is 0 Å². The van der Waals surface area contributed by atoms with Gasteiger partial charge in [-0.2, -0.15) is 0 Å². The third-order valence-electron chi connectivity index (χ3n) is 8.77. The van der Waals surface area contributed by atoms with Crippen LogP contribution in [0.1, 0.15) is 1.37 Å². The first-order valence-corrected chi connectivity index (χ1v) is 14.7. The highest BCUT2D eigenvalue weighted by atomic mass is 16.3. The van der Waals surface area contributed by atoms with Crippen molar-refractivity contribution in [1.82, 2.24) is 0 Å². The van der Waals surface area contributed by atoms with Gasteiger partial charge in [0.1, 0.15) is 11.2 Å². The van der Waals surface area contributed by atoms with Crippen molar-refractivity contribution < 1.29 is 5.79 Å². The fraction of sp³-hybridized carbons (Fsp3) is 0. The summed E-state index contributed by atoms with van der Waals surface area (Å²) >= 11 is 0. The van der Waals surface area contributed by atoms with E-state index < -0.39 is 0 Å². The van der Waals surface area contributed by atoms with E-state index in [0.717, 1.165) is 32.7 Å². The molecule has 0 aliphatic heterocycles. The highest BCUT2D eigenvalue weighted by Crippen LogP contribution is 2.45. The number of rotatable bonds is 3. The first-order valence-electron chi connectivity index (χ1n) is 15.2. The Morgan fingerprint density at radius 2 is 0.930 bits per heavy atom. The van der Waals surface area contributed by atoms with Gasteiger partial charge in [-0.25, -0.2) is 0 Å². The minimum atomic E-state index is 0.535. The van der Waals surface area contributed by atoms with Gasteiger partial charge in [0.25, 0.3) is 0 Å². The third-order valence-corrected chi connectivity index (χ3v) is 8.77. The van der Waals surface area contributed by atoms with Crippen molar-refractivity contribution in [2.45, 2.75) is 0 Å². The van der Waals surface area contributed by atoms with Gasteiger partial charge in [0, 0.05) is 10.8 Å². The van der Waals surface area contributed by atoms with Crippen LogP contribution < -0.4 is 0 Å². The zero-order valence-corrected chi connectivity index (χ0v) is 23.3. The summed E-state index contributed by atoms with van der Waals surface area (Å²) in [7, 11) is 0. The minimum absolute atomic E-state index is 0.535. The van der Waals surface area contributed by atoms with Crippen molar-refractivity contribution >= 4 is 54.3 Å². The molecule has 9 rings (SSSR count). The van der Waals surface area contributed by atoms with E-state index in [2.05, 4.69) is 121 Å². The second-order valence-corrected chi connectivity index (χ2v) is 11.2. The highest BCUT2D eigenvalue weighted by molar-refractivity contribution is 6.22. The van der Waals surface area contributed by atoms with Gasteiger partial charge < -0.3 is 4.42 Å². The Bertz CT molecular complexity index is 2510. The van der Waals surface area contributed by atoms with E-state index in [-0.39, 0.29) is 0 Å². The summed E-state index contributed by atoms with van der Waals surface area (Å²) < 4.78 is 14.1. The molecule has 0 radical (unpaired) electrons. The monoisotopic (exact) mass is 547 g/mol. The van der Waals surface area contributed by atoms with Crippen molar-refractivity contribution in [3.8, 4) is 33.4 Å². The lowest BCUT2D eigenvalue weighted by Crippen LogP contribution is -1.91. The van der Waals surface area contributed by atoms with E-state index in [1.54, 1.807) is 0 Å². The maximum atomic E-state index is 7.98. The fourth-order valence-electron chi connectivity index (χ4n) is 6.79. The molecule has 1 heterocycles. The molecule has 0 unspecified atom stereocenters. The predicted molar refractivity (Wildman–Crippen MR) is 183 cm³/mol. The Labute approximate surface area is 250 Å². The van der Waals surface area contributed by atoms with Gasteiger partial charge in [-0.15, -0.1) is 0 Å². The summed E-state index contributed by atoms with van der Waals surface area (Å²) in [5.74, 6) is 0. The van der Waals surface area contributed by atoms with Crippen molar-refractivity contribution in [3.05, 3.63) is 158 Å². The molecule has 1 nitrogen and oxygen atoms in total. The minimum Gasteiger partial charge on any atom is -0.456 e. The molecule has 0 bridgehead atoms. The highest BCUT2D eigenvalue weighted by Gasteiger charge is 2.18. The number of furan rings is 1. The van der Waals surface area contributed by atoms with Crippen molar-refractivity contribution in [1.29, 1.82) is 0 Å². The molecular formula is C42H26O. The maximum Gasteiger partial charge on any atom is 0.135 e. The van der Waals surface area contributed by atoms with Crippen LogP contribution in [0.15, 0.2) is 162 Å². The average molecular weight is 548 g/mol. The molecule has 1 aromatic heterocycles. The van der Waals surface area contributed by atoms with Crippen molar-refractivity contribution in [2.75, 3.05) is 0 Å². The number of hydrogen-bond donors (Lipinski definition) is 0. The largest absolute Gasteiger partial charge is 0.456 e. The molecule has 0 aliphatic rings. The fourth-order valence-corrected chi connectivity index (χ4v) is 6.79. The van der Waals surface area contributed by atoms with Crippen LogP contribution in [-0.2, 0) is 0 Å². The molecule has 0 spiro atoms. The van der Waals surface area contributed by atoms with Gasteiger partial charge in [0.05, 0.1) is 1.37 Å². The number of benzene rings is 8. The first kappa shape index (κ1) is 23.0. The molecule has 0 fully saturated rings. The Balaban J connectivity index is 1.29. The zero-order chi connectivity index (χ0) is 29.2. The van der Waals surface area contributed by atoms with Crippen LogP contribution in [0.5, 0.6) is 0 Å². The van der Waals surface area contributed by atoms with Crippen LogP contribution in [0.25, 0.3) is 87.6 Å². The van der Waals surface area contributed by atoms with E-state index in [1.165, 1.54) is 54.9 Å². The quantitative estimate of drug-likeness (QED) is 0.201. The Hall–Kier alpha value is -5.66. The van der Waals surface area contributed by atoms with Crippen molar-refractivity contribution in [2.24, 2.45) is 0 Å². The van der Waals surface area contributed by atoms with Gasteiger partial charge in [0.15, 0.2) is 0 Å². The molecule has 1 heteroatoms. The molecule has 43 heavy (non-hydrogen) atoms. The first-order chi connectivity index (χ1) is 21.7. The van der Waals surface area contributed by atoms with Gasteiger partial charge >= 0.3 is 0 Å². The summed E-state index contributed by atoms with van der Waals surface area (Å²) in [5.41, 5.74) is 9.03. The molecule has 8 aromatic carbocycles. The normalized spacial score (nSPS) is 12.0. The van der Waals surface area contributed by atoms with Gasteiger partial charge in [-0.3, -0.25) is 0 Å². The van der Waals surface area contributed by atoms with Gasteiger partial charge in [-0.05, 0) is 96.0 Å². The van der Waals surface area contributed by atoms with Crippen LogP contribution in [-0.4, -0.2) is 0 Å². The second-order valence-electron chi connectivity index (χ2n) is 11.2. The molecular weight excluding hydrogens is 520 g/mol. The standard InChI is InChI=1S/C42H26O/c1-2-11-28-24-30(21-20-27(28)10-1)29-12-9-13-31(25-29)41-34-15-3-5-17-36(34)42(37-18-6-4-16-35(37)41)32-22-23-40-38(26-32)33-14-7-8-19-39(33)43-40/h1-26H/i1D. The number of fused-ring (bicyclic) bond motifs is 6. The molecule has 0 saturated carbocycles. The lowest BCUT2D eigenvalue weighted by atomic mass is 9.85. The maximum absolute atomic E-state index is 7.98. The summed E-state index contributed by atoms with van der Waals surface area (Å²) in [6.07, 6.45) is 0. The molecule has 200 valence electrons. The summed E-state index contributed by atoms with van der Waals surface area (Å²) in [6, 6.07) is 54.2. The van der Waals surface area contributed by atoms with E-state index in [4.69, 9.17) is 5.79 Å². The van der Waals surface area contributed by atoms with Crippen LogP contribution >= 0.6 is 0 Å². The SMILES string of the molecule is [2H]c1ccc2cc(-c3cccc(-c4c5ccccc5c(-c5ccc6oc7ccccc7c6c5)c5ccccc45)c3)ccc2c1. The van der Waals surface area contributed by atoms with E-state index in [1.807, 2.05) is 30.3 Å².